The molecule has 0 N–H and O–H groups in total. The molecule has 3 heteroatoms. The maximum absolute atomic E-state index is 12.5. The van der Waals surface area contributed by atoms with Gasteiger partial charge in [-0.3, -0.25) is 0 Å². The summed E-state index contributed by atoms with van der Waals surface area (Å²) >= 11 is 3.47. The Hall–Kier alpha value is -1.87. The first-order valence-electron chi connectivity index (χ1n) is 7.32. The van der Waals surface area contributed by atoms with Crippen molar-refractivity contribution in [1.82, 2.24) is 0 Å². The Kier molecular flexibility index (Phi) is 3.92. The lowest BCUT2D eigenvalue weighted by Gasteiger charge is -2.29. The lowest BCUT2D eigenvalue weighted by atomic mass is 9.73. The molecule has 112 valence electrons. The monoisotopic (exact) mass is 356 g/mol. The third-order valence-corrected chi connectivity index (χ3v) is 4.78. The van der Waals surface area contributed by atoms with Crippen LogP contribution in [0.4, 0.5) is 0 Å². The van der Waals surface area contributed by atoms with E-state index < -0.39 is 5.41 Å². The van der Waals surface area contributed by atoms with Crippen LogP contribution in [-0.4, -0.2) is 12.6 Å². The van der Waals surface area contributed by atoms with Crippen LogP contribution in [-0.2, 0) is 14.9 Å². The minimum absolute atomic E-state index is 0.246. The summed E-state index contributed by atoms with van der Waals surface area (Å²) in [5, 5.41) is 0. The number of benzene rings is 2. The molecule has 0 spiro atoms. The highest BCUT2D eigenvalue weighted by Gasteiger charge is 2.42. The molecule has 0 amide bonds. The van der Waals surface area contributed by atoms with Crippen molar-refractivity contribution >= 4 is 28.0 Å². The molecule has 0 aromatic heterocycles. The number of ether oxygens (including phenoxy) is 1. The molecule has 0 bridgehead atoms. The van der Waals surface area contributed by atoms with Gasteiger partial charge in [0.25, 0.3) is 0 Å². The fourth-order valence-electron chi connectivity index (χ4n) is 3.09. The van der Waals surface area contributed by atoms with Gasteiger partial charge in [0.1, 0.15) is 0 Å². The molecular weight excluding hydrogens is 340 g/mol. The molecule has 0 saturated heterocycles. The molecule has 2 aromatic rings. The van der Waals surface area contributed by atoms with Gasteiger partial charge in [-0.2, -0.15) is 0 Å². The van der Waals surface area contributed by atoms with E-state index in [4.69, 9.17) is 4.74 Å². The van der Waals surface area contributed by atoms with E-state index in [1.165, 1.54) is 0 Å². The molecule has 1 aliphatic carbocycles. The van der Waals surface area contributed by atoms with Crippen LogP contribution in [0.3, 0.4) is 0 Å². The number of halogens is 1. The summed E-state index contributed by atoms with van der Waals surface area (Å²) < 4.78 is 6.30. The summed E-state index contributed by atoms with van der Waals surface area (Å²) in [6.45, 7) is 4.30. The van der Waals surface area contributed by atoms with Crippen LogP contribution in [0.2, 0.25) is 0 Å². The van der Waals surface area contributed by atoms with Crippen molar-refractivity contribution in [2.24, 2.45) is 0 Å². The Morgan fingerprint density at radius 2 is 1.82 bits per heavy atom. The topological polar surface area (TPSA) is 26.3 Å². The van der Waals surface area contributed by atoms with Crippen LogP contribution in [0.5, 0.6) is 0 Å². The first-order valence-corrected chi connectivity index (χ1v) is 8.11. The number of esters is 1. The first-order chi connectivity index (χ1) is 10.6. The molecule has 2 aromatic carbocycles. The lowest BCUT2D eigenvalue weighted by Crippen LogP contribution is -2.29. The van der Waals surface area contributed by atoms with Gasteiger partial charge in [-0.15, -0.1) is 0 Å². The highest BCUT2D eigenvalue weighted by atomic mass is 79.9. The Morgan fingerprint density at radius 3 is 2.50 bits per heavy atom. The summed E-state index contributed by atoms with van der Waals surface area (Å²) in [6.07, 6.45) is 1.95. The van der Waals surface area contributed by atoms with Gasteiger partial charge >= 0.3 is 5.97 Å². The molecule has 0 aliphatic heterocycles. The zero-order valence-corrected chi connectivity index (χ0v) is 14.2. The van der Waals surface area contributed by atoms with E-state index in [0.29, 0.717) is 12.2 Å². The van der Waals surface area contributed by atoms with E-state index in [1.54, 1.807) is 0 Å². The van der Waals surface area contributed by atoms with Gasteiger partial charge in [-0.1, -0.05) is 52.3 Å². The van der Waals surface area contributed by atoms with Crippen molar-refractivity contribution in [3.05, 3.63) is 75.3 Å². The van der Waals surface area contributed by atoms with Crippen LogP contribution < -0.4 is 0 Å². The van der Waals surface area contributed by atoms with E-state index in [9.17, 15) is 4.79 Å². The maximum atomic E-state index is 12.5. The van der Waals surface area contributed by atoms with E-state index in [-0.39, 0.29) is 5.97 Å². The predicted molar refractivity (Wildman–Crippen MR) is 91.6 cm³/mol. The molecule has 3 rings (SSSR count). The summed E-state index contributed by atoms with van der Waals surface area (Å²) in [5.74, 6) is -0.246. The van der Waals surface area contributed by atoms with Crippen LogP contribution >= 0.6 is 15.9 Å². The lowest BCUT2D eigenvalue weighted by molar-refractivity contribution is -0.138. The molecule has 0 saturated carbocycles. The van der Waals surface area contributed by atoms with Crippen molar-refractivity contribution in [3.63, 3.8) is 0 Å². The maximum Gasteiger partial charge on any atom is 0.335 e. The summed E-state index contributed by atoms with van der Waals surface area (Å²) in [4.78, 5) is 12.5. The largest absolute Gasteiger partial charge is 0.463 e. The van der Waals surface area contributed by atoms with Gasteiger partial charge in [0.05, 0.1) is 17.6 Å². The average molecular weight is 357 g/mol. The van der Waals surface area contributed by atoms with Crippen LogP contribution in [0.1, 0.15) is 30.5 Å². The first kappa shape index (κ1) is 15.0. The van der Waals surface area contributed by atoms with Crippen LogP contribution in [0.25, 0.3) is 6.08 Å². The molecule has 1 unspecified atom stereocenters. The van der Waals surface area contributed by atoms with E-state index in [0.717, 1.165) is 21.2 Å². The second-order valence-electron chi connectivity index (χ2n) is 5.50. The van der Waals surface area contributed by atoms with Crippen molar-refractivity contribution < 1.29 is 9.53 Å². The van der Waals surface area contributed by atoms with Gasteiger partial charge in [0.15, 0.2) is 0 Å². The zero-order valence-electron chi connectivity index (χ0n) is 12.6. The predicted octanol–water partition coefficient (Wildman–Crippen LogP) is 4.72. The molecule has 1 aliphatic rings. The minimum atomic E-state index is -0.483. The minimum Gasteiger partial charge on any atom is -0.463 e. The van der Waals surface area contributed by atoms with Gasteiger partial charge in [0, 0.05) is 4.47 Å². The van der Waals surface area contributed by atoms with Crippen molar-refractivity contribution in [2.45, 2.75) is 19.3 Å². The molecule has 2 nitrogen and oxygen atoms in total. The third-order valence-electron chi connectivity index (χ3n) is 4.25. The van der Waals surface area contributed by atoms with Gasteiger partial charge in [-0.25, -0.2) is 4.79 Å². The summed E-state index contributed by atoms with van der Waals surface area (Å²) in [5.41, 5.74) is 3.51. The molecule has 0 radical (unpaired) electrons. The smallest absolute Gasteiger partial charge is 0.335 e. The van der Waals surface area contributed by atoms with Gasteiger partial charge in [0.2, 0.25) is 0 Å². The number of hydrogen-bond donors (Lipinski definition) is 0. The third kappa shape index (κ3) is 2.30. The Morgan fingerprint density at radius 1 is 1.14 bits per heavy atom. The van der Waals surface area contributed by atoms with Crippen molar-refractivity contribution in [3.8, 4) is 0 Å². The second-order valence-corrected chi connectivity index (χ2v) is 6.41. The van der Waals surface area contributed by atoms with Crippen LogP contribution in [0.15, 0.2) is 58.6 Å². The second kappa shape index (κ2) is 5.73. The highest BCUT2D eigenvalue weighted by molar-refractivity contribution is 9.10. The van der Waals surface area contributed by atoms with Crippen LogP contribution in [0, 0.1) is 0 Å². The quantitative estimate of drug-likeness (QED) is 0.744. The number of carbonyl (C=O) groups excluding carboxylic acids is 1. The fraction of sp³-hybridized carbons (Fsp3) is 0.211. The van der Waals surface area contributed by atoms with E-state index >= 15 is 0 Å². The van der Waals surface area contributed by atoms with Crippen molar-refractivity contribution in [2.75, 3.05) is 6.61 Å². The standard InChI is InChI=1S/C19H17BrO2/c1-3-22-18(21)17-12-13-6-4-5-7-16(13)19(17,2)14-8-10-15(20)11-9-14/h4-12H,3H2,1-2H3. The molecule has 0 heterocycles. The van der Waals surface area contributed by atoms with Gasteiger partial charge < -0.3 is 4.74 Å². The van der Waals surface area contributed by atoms with Crippen molar-refractivity contribution in [1.29, 1.82) is 0 Å². The molecule has 22 heavy (non-hydrogen) atoms. The number of hydrogen-bond acceptors (Lipinski definition) is 2. The zero-order chi connectivity index (χ0) is 15.7. The molecule has 1 atom stereocenters. The summed E-state index contributed by atoms with van der Waals surface area (Å²) in [6, 6.07) is 16.2. The highest BCUT2D eigenvalue weighted by Crippen LogP contribution is 2.47. The van der Waals surface area contributed by atoms with E-state index in [1.807, 2.05) is 43.3 Å². The number of fused-ring (bicyclic) bond motifs is 1. The van der Waals surface area contributed by atoms with Gasteiger partial charge in [-0.05, 0) is 48.7 Å². The normalized spacial score (nSPS) is 19.5. The van der Waals surface area contributed by atoms with E-state index in [2.05, 4.69) is 41.1 Å². The Labute approximate surface area is 138 Å². The SMILES string of the molecule is CCOC(=O)C1=Cc2ccccc2C1(C)c1ccc(Br)cc1. The molecule has 0 fully saturated rings. The number of carbonyl (C=O) groups is 1. The average Bonchev–Trinajstić information content (AvgIpc) is 2.83. The number of rotatable bonds is 3. The summed E-state index contributed by atoms with van der Waals surface area (Å²) in [7, 11) is 0. The Bertz CT molecular complexity index is 746. The molecular formula is C19H17BrO2. The fourth-order valence-corrected chi connectivity index (χ4v) is 3.35. The Balaban J connectivity index is 2.18.